The number of ether oxygens (including phenoxy) is 1. The number of aryl methyl sites for hydroxylation is 1. The molecule has 1 aromatic rings. The first kappa shape index (κ1) is 15.5. The van der Waals surface area contributed by atoms with Gasteiger partial charge in [0.1, 0.15) is 5.60 Å². The van der Waals surface area contributed by atoms with Gasteiger partial charge in [-0.2, -0.15) is 0 Å². The number of fused-ring (bicyclic) bond motifs is 1. The molecule has 0 fully saturated rings. The first-order chi connectivity index (χ1) is 9.81. The molecule has 0 atom stereocenters. The van der Waals surface area contributed by atoms with Crippen molar-refractivity contribution in [3.05, 3.63) is 23.1 Å². The van der Waals surface area contributed by atoms with Crippen molar-refractivity contribution in [1.82, 2.24) is 9.88 Å². The molecule has 0 aromatic carbocycles. The van der Waals surface area contributed by atoms with Crippen LogP contribution >= 0.6 is 0 Å². The average molecular weight is 295 g/mol. The van der Waals surface area contributed by atoms with Crippen molar-refractivity contribution in [2.45, 2.75) is 45.8 Å². The zero-order chi connectivity index (χ0) is 15.6. The van der Waals surface area contributed by atoms with Gasteiger partial charge in [-0.1, -0.05) is 0 Å². The molecular weight excluding hydrogens is 273 g/mol. The lowest BCUT2D eigenvalue weighted by atomic mass is 10.1. The van der Waals surface area contributed by atoms with Crippen LogP contribution in [0.3, 0.4) is 0 Å². The third-order valence-corrected chi connectivity index (χ3v) is 3.32. The van der Waals surface area contributed by atoms with Crippen molar-refractivity contribution in [2.24, 2.45) is 0 Å². The summed E-state index contributed by atoms with van der Waals surface area (Å²) in [5, 5.41) is 2.73. The Morgan fingerprint density at radius 2 is 2.19 bits per heavy atom. The predicted molar refractivity (Wildman–Crippen MR) is 78.7 cm³/mol. The Balaban J connectivity index is 2.25. The standard InChI is InChI=1S/C15H22FN3O2/c1-15(2,3)21-14(20)19-7-5-6-10-8-18-13(17-4)12(16)11(10)9-19/h8H,5-7,9H2,1-4H3,(H,17,18). The second kappa shape index (κ2) is 5.87. The molecule has 0 radical (unpaired) electrons. The smallest absolute Gasteiger partial charge is 0.410 e. The van der Waals surface area contributed by atoms with Gasteiger partial charge in [0.2, 0.25) is 0 Å². The lowest BCUT2D eigenvalue weighted by Gasteiger charge is -2.26. The number of carbonyl (C=O) groups excluding carboxylic acids is 1. The highest BCUT2D eigenvalue weighted by Gasteiger charge is 2.26. The molecule has 2 heterocycles. The summed E-state index contributed by atoms with van der Waals surface area (Å²) < 4.78 is 19.8. The maximum atomic E-state index is 14.4. The van der Waals surface area contributed by atoms with Crippen LogP contribution in [0.1, 0.15) is 38.3 Å². The van der Waals surface area contributed by atoms with Crippen molar-refractivity contribution < 1.29 is 13.9 Å². The van der Waals surface area contributed by atoms with Gasteiger partial charge in [-0.15, -0.1) is 0 Å². The second-order valence-electron chi connectivity index (χ2n) is 6.18. The van der Waals surface area contributed by atoms with Gasteiger partial charge in [-0.05, 0) is 39.2 Å². The molecule has 6 heteroatoms. The summed E-state index contributed by atoms with van der Waals surface area (Å²) in [5.41, 5.74) is 0.828. The molecule has 0 aliphatic carbocycles. The number of halogens is 1. The van der Waals surface area contributed by atoms with E-state index in [1.54, 1.807) is 18.1 Å². The fraction of sp³-hybridized carbons (Fsp3) is 0.600. The Morgan fingerprint density at radius 3 is 2.81 bits per heavy atom. The molecule has 0 unspecified atom stereocenters. The van der Waals surface area contributed by atoms with Crippen LogP contribution in [-0.2, 0) is 17.7 Å². The SMILES string of the molecule is CNc1ncc2c(c1F)CN(C(=O)OC(C)(C)C)CCC2. The monoisotopic (exact) mass is 295 g/mol. The van der Waals surface area contributed by atoms with Gasteiger partial charge in [-0.25, -0.2) is 14.2 Å². The third kappa shape index (κ3) is 3.62. The number of aromatic nitrogens is 1. The third-order valence-electron chi connectivity index (χ3n) is 3.32. The van der Waals surface area contributed by atoms with Crippen molar-refractivity contribution in [1.29, 1.82) is 0 Å². The van der Waals surface area contributed by atoms with Crippen LogP contribution < -0.4 is 5.32 Å². The molecule has 0 spiro atoms. The quantitative estimate of drug-likeness (QED) is 0.865. The maximum Gasteiger partial charge on any atom is 0.410 e. The van der Waals surface area contributed by atoms with E-state index in [1.807, 2.05) is 20.8 Å². The zero-order valence-corrected chi connectivity index (χ0v) is 13.0. The molecule has 0 saturated carbocycles. The molecule has 1 aliphatic rings. The number of pyridine rings is 1. The van der Waals surface area contributed by atoms with E-state index in [9.17, 15) is 9.18 Å². The first-order valence-electron chi connectivity index (χ1n) is 7.14. The van der Waals surface area contributed by atoms with E-state index in [1.165, 1.54) is 0 Å². The molecule has 1 aliphatic heterocycles. The average Bonchev–Trinajstić information content (AvgIpc) is 2.60. The lowest BCUT2D eigenvalue weighted by molar-refractivity contribution is 0.0235. The minimum absolute atomic E-state index is 0.208. The Kier molecular flexibility index (Phi) is 4.34. The van der Waals surface area contributed by atoms with Gasteiger partial charge in [0.05, 0.1) is 6.54 Å². The molecule has 5 nitrogen and oxygen atoms in total. The number of rotatable bonds is 1. The van der Waals surface area contributed by atoms with Crippen molar-refractivity contribution in [3.63, 3.8) is 0 Å². The summed E-state index contributed by atoms with van der Waals surface area (Å²) >= 11 is 0. The molecular formula is C15H22FN3O2. The van der Waals surface area contributed by atoms with E-state index in [-0.39, 0.29) is 18.2 Å². The van der Waals surface area contributed by atoms with Crippen molar-refractivity contribution >= 4 is 11.9 Å². The molecule has 1 amide bonds. The highest BCUT2D eigenvalue weighted by Crippen LogP contribution is 2.25. The Labute approximate surface area is 124 Å². The van der Waals surface area contributed by atoms with Crippen LogP contribution in [0.5, 0.6) is 0 Å². The van der Waals surface area contributed by atoms with E-state index in [2.05, 4.69) is 10.3 Å². The molecule has 21 heavy (non-hydrogen) atoms. The van der Waals surface area contributed by atoms with Crippen LogP contribution in [0.2, 0.25) is 0 Å². The number of hydrogen-bond donors (Lipinski definition) is 1. The van der Waals surface area contributed by atoms with E-state index in [0.29, 0.717) is 18.5 Å². The molecule has 116 valence electrons. The zero-order valence-electron chi connectivity index (χ0n) is 13.0. The fourth-order valence-corrected chi connectivity index (χ4v) is 2.33. The number of nitrogens with zero attached hydrogens (tertiary/aromatic N) is 2. The predicted octanol–water partition coefficient (Wildman–Crippen LogP) is 2.95. The van der Waals surface area contributed by atoms with Gasteiger partial charge in [0.15, 0.2) is 11.6 Å². The summed E-state index contributed by atoms with van der Waals surface area (Å²) in [6.07, 6.45) is 2.76. The van der Waals surface area contributed by atoms with E-state index in [0.717, 1.165) is 12.0 Å². The van der Waals surface area contributed by atoms with Gasteiger partial charge < -0.3 is 15.0 Å². The Hall–Kier alpha value is -1.85. The van der Waals surface area contributed by atoms with E-state index in [4.69, 9.17) is 4.74 Å². The minimum atomic E-state index is -0.556. The number of amides is 1. The highest BCUT2D eigenvalue weighted by atomic mass is 19.1. The largest absolute Gasteiger partial charge is 0.444 e. The van der Waals surface area contributed by atoms with E-state index < -0.39 is 11.7 Å². The Morgan fingerprint density at radius 1 is 1.48 bits per heavy atom. The Bertz CT molecular complexity index is 540. The van der Waals surface area contributed by atoms with Gasteiger partial charge in [0, 0.05) is 25.4 Å². The van der Waals surface area contributed by atoms with Crippen molar-refractivity contribution in [2.75, 3.05) is 18.9 Å². The molecule has 1 aromatic heterocycles. The maximum absolute atomic E-state index is 14.4. The molecule has 1 N–H and O–H groups in total. The molecule has 0 bridgehead atoms. The van der Waals surface area contributed by atoms with Gasteiger partial charge in [-0.3, -0.25) is 0 Å². The number of carbonyl (C=O) groups is 1. The van der Waals surface area contributed by atoms with Crippen LogP contribution in [0.15, 0.2) is 6.20 Å². The summed E-state index contributed by atoms with van der Waals surface area (Å²) in [6.45, 7) is 6.23. The first-order valence-corrected chi connectivity index (χ1v) is 7.14. The summed E-state index contributed by atoms with van der Waals surface area (Å²) in [6, 6.07) is 0. The number of nitrogens with one attached hydrogen (secondary N) is 1. The van der Waals surface area contributed by atoms with E-state index >= 15 is 0 Å². The van der Waals surface area contributed by atoms with Gasteiger partial charge >= 0.3 is 6.09 Å². The highest BCUT2D eigenvalue weighted by molar-refractivity contribution is 5.68. The normalized spacial score (nSPS) is 15.2. The topological polar surface area (TPSA) is 54.5 Å². The van der Waals surface area contributed by atoms with Crippen molar-refractivity contribution in [3.8, 4) is 0 Å². The molecule has 0 saturated heterocycles. The van der Waals surface area contributed by atoms with Crippen LogP contribution in [0.25, 0.3) is 0 Å². The number of hydrogen-bond acceptors (Lipinski definition) is 4. The van der Waals surface area contributed by atoms with Crippen LogP contribution in [-0.4, -0.2) is 35.2 Å². The van der Waals surface area contributed by atoms with Crippen LogP contribution in [0.4, 0.5) is 15.0 Å². The molecule has 2 rings (SSSR count). The second-order valence-corrected chi connectivity index (χ2v) is 6.18. The minimum Gasteiger partial charge on any atom is -0.444 e. The lowest BCUT2D eigenvalue weighted by Crippen LogP contribution is -2.36. The van der Waals surface area contributed by atoms with Crippen LogP contribution in [0, 0.1) is 5.82 Å². The fourth-order valence-electron chi connectivity index (χ4n) is 2.33. The number of anilines is 1. The summed E-state index contributed by atoms with van der Waals surface area (Å²) in [4.78, 5) is 17.8. The summed E-state index contributed by atoms with van der Waals surface area (Å²) in [5.74, 6) is -0.176. The summed E-state index contributed by atoms with van der Waals surface area (Å²) in [7, 11) is 1.63. The van der Waals surface area contributed by atoms with Gasteiger partial charge in [0.25, 0.3) is 0 Å².